The smallest absolute Gasteiger partial charge is 0.432 e. The molecule has 262 valence electrons. The van der Waals surface area contributed by atoms with Crippen LogP contribution in [-0.2, 0) is 19.9 Å². The highest BCUT2D eigenvalue weighted by molar-refractivity contribution is 5.83. The van der Waals surface area contributed by atoms with E-state index >= 15 is 0 Å². The van der Waals surface area contributed by atoms with Gasteiger partial charge in [0.1, 0.15) is 6.10 Å². The first kappa shape index (κ1) is 36.2. The summed E-state index contributed by atoms with van der Waals surface area (Å²) in [5, 5.41) is 10.4. The Kier molecular flexibility index (Phi) is 9.49. The molecular formula is C40H57F3O4. The van der Waals surface area contributed by atoms with Crippen LogP contribution in [0.15, 0.2) is 53.6 Å². The van der Waals surface area contributed by atoms with Crippen LogP contribution < -0.4 is 0 Å². The summed E-state index contributed by atoms with van der Waals surface area (Å²) < 4.78 is 55.1. The maximum atomic E-state index is 14.7. The summed E-state index contributed by atoms with van der Waals surface area (Å²) in [5.41, 5.74) is 0.241. The van der Waals surface area contributed by atoms with Gasteiger partial charge < -0.3 is 14.6 Å². The number of halogens is 3. The Hall–Kier alpha value is -2.12. The normalized spacial score (nSPS) is 36.0. The van der Waals surface area contributed by atoms with E-state index in [2.05, 4.69) is 48.1 Å². The monoisotopic (exact) mass is 658 g/mol. The van der Waals surface area contributed by atoms with E-state index in [1.165, 1.54) is 37.1 Å². The van der Waals surface area contributed by atoms with Crippen LogP contribution in [0.25, 0.3) is 0 Å². The van der Waals surface area contributed by atoms with Crippen molar-refractivity contribution in [2.45, 2.75) is 137 Å². The van der Waals surface area contributed by atoms with Crippen LogP contribution in [0.3, 0.4) is 0 Å². The number of benzene rings is 1. The Morgan fingerprint density at radius 3 is 2.23 bits per heavy atom. The minimum atomic E-state index is -5.00. The van der Waals surface area contributed by atoms with Gasteiger partial charge in [-0.3, -0.25) is 0 Å². The summed E-state index contributed by atoms with van der Waals surface area (Å²) in [6, 6.07) is 7.10. The second kappa shape index (κ2) is 12.3. The lowest BCUT2D eigenvalue weighted by Crippen LogP contribution is -2.58. The molecule has 0 radical (unpaired) electrons. The van der Waals surface area contributed by atoms with Gasteiger partial charge in [0.25, 0.3) is 5.60 Å². The number of hydrogen-bond donors (Lipinski definition) is 1. The Labute approximate surface area is 280 Å². The average molecular weight is 659 g/mol. The highest BCUT2D eigenvalue weighted by atomic mass is 19.4. The molecule has 9 atom stereocenters. The molecule has 0 amide bonds. The third-order valence-electron chi connectivity index (χ3n) is 14.3. The van der Waals surface area contributed by atoms with Gasteiger partial charge in [0, 0.05) is 18.1 Å². The molecule has 47 heavy (non-hydrogen) atoms. The van der Waals surface area contributed by atoms with Crippen molar-refractivity contribution in [2.75, 3.05) is 7.11 Å². The summed E-state index contributed by atoms with van der Waals surface area (Å²) in [7, 11) is 0.928. The van der Waals surface area contributed by atoms with Gasteiger partial charge in [0.15, 0.2) is 0 Å². The molecule has 4 aliphatic rings. The molecule has 0 saturated heterocycles. The summed E-state index contributed by atoms with van der Waals surface area (Å²) >= 11 is 0. The fourth-order valence-electron chi connectivity index (χ4n) is 11.3. The molecule has 0 heterocycles. The van der Waals surface area contributed by atoms with Gasteiger partial charge in [0.2, 0.25) is 0 Å². The van der Waals surface area contributed by atoms with E-state index in [0.717, 1.165) is 57.6 Å². The van der Waals surface area contributed by atoms with Crippen molar-refractivity contribution in [1.82, 2.24) is 0 Å². The van der Waals surface area contributed by atoms with E-state index in [-0.39, 0.29) is 27.7 Å². The Morgan fingerprint density at radius 2 is 1.64 bits per heavy atom. The van der Waals surface area contributed by atoms with Crippen molar-refractivity contribution in [2.24, 2.45) is 39.4 Å². The van der Waals surface area contributed by atoms with Crippen LogP contribution in [0.2, 0.25) is 0 Å². The molecule has 4 aliphatic carbocycles. The largest absolute Gasteiger partial charge is 0.459 e. The quantitative estimate of drug-likeness (QED) is 0.212. The number of fused-ring (bicyclic) bond motifs is 4. The number of rotatable bonds is 9. The summed E-state index contributed by atoms with van der Waals surface area (Å²) in [6.45, 7) is 19.8. The number of allylic oxidation sites excluding steroid dienone is 2. The lowest BCUT2D eigenvalue weighted by Gasteiger charge is -2.62. The third-order valence-corrected chi connectivity index (χ3v) is 14.3. The first-order valence-corrected chi connectivity index (χ1v) is 17.8. The maximum absolute atomic E-state index is 14.7. The zero-order valence-electron chi connectivity index (χ0n) is 29.9. The van der Waals surface area contributed by atoms with Crippen LogP contribution >= 0.6 is 0 Å². The number of carbonyl (C=O) groups excluding carboxylic acids is 1. The lowest BCUT2D eigenvalue weighted by atomic mass is 9.43. The lowest BCUT2D eigenvalue weighted by molar-refractivity contribution is -0.281. The van der Waals surface area contributed by atoms with Crippen LogP contribution in [0.1, 0.15) is 118 Å². The van der Waals surface area contributed by atoms with Crippen molar-refractivity contribution < 1.29 is 32.5 Å². The predicted octanol–water partition coefficient (Wildman–Crippen LogP) is 10.1. The van der Waals surface area contributed by atoms with Gasteiger partial charge in [-0.25, -0.2) is 4.79 Å². The molecule has 2 fully saturated rings. The molecule has 0 aliphatic heterocycles. The fraction of sp³-hybridized carbons (Fsp3) is 0.725. The van der Waals surface area contributed by atoms with Gasteiger partial charge in [0.05, 0.1) is 6.10 Å². The molecule has 2 saturated carbocycles. The highest BCUT2D eigenvalue weighted by Gasteiger charge is 2.67. The van der Waals surface area contributed by atoms with Crippen LogP contribution in [-0.4, -0.2) is 36.6 Å². The van der Waals surface area contributed by atoms with Crippen molar-refractivity contribution in [3.05, 3.63) is 59.2 Å². The van der Waals surface area contributed by atoms with E-state index < -0.39 is 35.4 Å². The van der Waals surface area contributed by atoms with E-state index in [0.29, 0.717) is 18.3 Å². The molecule has 1 aromatic carbocycles. The number of methoxy groups -OCH3 is 1. The Morgan fingerprint density at radius 1 is 0.979 bits per heavy atom. The van der Waals surface area contributed by atoms with E-state index in [1.54, 1.807) is 17.2 Å². The Bertz CT molecular complexity index is 1380. The molecule has 0 aromatic heterocycles. The number of aliphatic hydroxyl groups is 1. The second-order valence-corrected chi connectivity index (χ2v) is 16.8. The maximum Gasteiger partial charge on any atom is 0.432 e. The van der Waals surface area contributed by atoms with Crippen molar-refractivity contribution in [3.8, 4) is 0 Å². The molecule has 1 N–H and O–H groups in total. The molecule has 5 rings (SSSR count). The number of carbonyl (C=O) groups is 1. The minimum absolute atomic E-state index is 0.0958. The minimum Gasteiger partial charge on any atom is -0.459 e. The first-order chi connectivity index (χ1) is 21.8. The number of hydrogen-bond acceptors (Lipinski definition) is 4. The van der Waals surface area contributed by atoms with Gasteiger partial charge in [-0.05, 0) is 105 Å². The van der Waals surface area contributed by atoms with Crippen LogP contribution in [0, 0.1) is 39.4 Å². The van der Waals surface area contributed by atoms with Crippen LogP contribution in [0.5, 0.6) is 0 Å². The van der Waals surface area contributed by atoms with Gasteiger partial charge in [-0.15, -0.1) is 0 Å². The molecule has 4 nitrogen and oxygen atoms in total. The predicted molar refractivity (Wildman–Crippen MR) is 179 cm³/mol. The third kappa shape index (κ3) is 5.45. The van der Waals surface area contributed by atoms with Gasteiger partial charge in [-0.1, -0.05) is 95.2 Å². The van der Waals surface area contributed by atoms with E-state index in [1.807, 2.05) is 6.92 Å². The molecule has 1 aromatic rings. The number of aliphatic hydroxyl groups excluding tert-OH is 1. The molecule has 0 bridgehead atoms. The summed E-state index contributed by atoms with van der Waals surface area (Å²) in [4.78, 5) is 13.7. The van der Waals surface area contributed by atoms with Crippen molar-refractivity contribution >= 4 is 5.97 Å². The fourth-order valence-corrected chi connectivity index (χ4v) is 11.3. The molecular weight excluding hydrogens is 601 g/mol. The highest BCUT2D eigenvalue weighted by Crippen LogP contribution is 2.72. The van der Waals surface area contributed by atoms with Crippen molar-refractivity contribution in [1.29, 1.82) is 0 Å². The van der Waals surface area contributed by atoms with Crippen molar-refractivity contribution in [3.63, 3.8) is 0 Å². The Balaban J connectivity index is 1.40. The molecule has 7 heteroatoms. The standard InChI is InChI=1S/C40H57F3O4/c1-25(2)31(44)17-15-26(3)28-19-23-38(8)30-16-18-32-35(4,5)33(21-22-36(32,6)29(30)20-24-37(28,38)7)47-34(45)39(46-9,40(41,42)43)27-13-11-10-12-14-27/h10-14,26,28,31-33,44H,1,15-24H2,2-9H3/t26-,28-,31+,32-,33-,36+,37-,38+,39-/m0/s1. The zero-order valence-corrected chi connectivity index (χ0v) is 29.9. The van der Waals surface area contributed by atoms with E-state index in [9.17, 15) is 23.1 Å². The SMILES string of the molecule is C=C(C)[C@H](O)CC[C@H](C)[C@@H]1CC[C@]2(C)C3=C(CC[C@@]12C)[C@@]1(C)CC[C@H](OC(=O)[C@@](OC)(c2ccccc2)C(F)(F)F)C(C)(C)[C@@H]1CC3. The zero-order chi connectivity index (χ0) is 34.8. The number of alkyl halides is 3. The summed E-state index contributed by atoms with van der Waals surface area (Å²) in [6.07, 6.45) is 3.38. The topological polar surface area (TPSA) is 55.8 Å². The number of ether oxygens (including phenoxy) is 2. The van der Waals surface area contributed by atoms with Gasteiger partial charge in [-0.2, -0.15) is 13.2 Å². The molecule has 0 unspecified atom stereocenters. The first-order valence-electron chi connectivity index (χ1n) is 17.8. The summed E-state index contributed by atoms with van der Waals surface area (Å²) in [5.74, 6) is -0.109. The second-order valence-electron chi connectivity index (χ2n) is 16.8. The van der Waals surface area contributed by atoms with E-state index in [4.69, 9.17) is 9.47 Å². The van der Waals surface area contributed by atoms with Crippen LogP contribution in [0.4, 0.5) is 13.2 Å². The number of esters is 1. The molecule has 0 spiro atoms. The van der Waals surface area contributed by atoms with Gasteiger partial charge >= 0.3 is 12.1 Å². The average Bonchev–Trinajstić information content (AvgIpc) is 3.28.